The molecule has 0 spiro atoms. The smallest absolute Gasteiger partial charge is 0.330 e. The Labute approximate surface area is 149 Å². The zero-order chi connectivity index (χ0) is 17.9. The van der Waals surface area contributed by atoms with Crippen LogP contribution in [0.4, 0.5) is 11.4 Å². The van der Waals surface area contributed by atoms with Crippen LogP contribution in [0.1, 0.15) is 9.67 Å². The van der Waals surface area contributed by atoms with E-state index in [0.717, 1.165) is 15.6 Å². The van der Waals surface area contributed by atoms with Gasteiger partial charge < -0.3 is 5.11 Å². The standard InChI is InChI=1S/C17H14N2O4S2/c20-15-10-5-4-9-14(15)19(13-7-2-1-3-8-13)25(22,23)18-17(21)16-11-6-12-24-16/h1-12,20H,(H,18,21). The van der Waals surface area contributed by atoms with Crippen molar-refractivity contribution in [3.05, 3.63) is 77.0 Å². The monoisotopic (exact) mass is 374 g/mol. The average molecular weight is 374 g/mol. The SMILES string of the molecule is O=C(NS(=O)(=O)N(c1ccccc1)c1ccccc1O)c1cccs1. The van der Waals surface area contributed by atoms with Crippen molar-refractivity contribution in [2.45, 2.75) is 0 Å². The Morgan fingerprint density at radius 2 is 1.64 bits per heavy atom. The molecule has 2 N–H and O–H groups in total. The Balaban J connectivity index is 2.05. The van der Waals surface area contributed by atoms with Gasteiger partial charge in [-0.05, 0) is 35.7 Å². The molecule has 0 radical (unpaired) electrons. The van der Waals surface area contributed by atoms with Crippen molar-refractivity contribution in [1.29, 1.82) is 0 Å². The maximum Gasteiger partial charge on any atom is 0.330 e. The van der Waals surface area contributed by atoms with E-state index in [0.29, 0.717) is 0 Å². The van der Waals surface area contributed by atoms with E-state index >= 15 is 0 Å². The fourth-order valence-electron chi connectivity index (χ4n) is 2.23. The van der Waals surface area contributed by atoms with Gasteiger partial charge >= 0.3 is 10.2 Å². The van der Waals surface area contributed by atoms with Gasteiger partial charge in [0.1, 0.15) is 11.4 Å². The lowest BCUT2D eigenvalue weighted by atomic mass is 10.2. The van der Waals surface area contributed by atoms with Crippen LogP contribution < -0.4 is 9.03 Å². The van der Waals surface area contributed by atoms with Crippen molar-refractivity contribution in [1.82, 2.24) is 4.72 Å². The Hall–Kier alpha value is -2.84. The van der Waals surface area contributed by atoms with Crippen molar-refractivity contribution in [2.24, 2.45) is 0 Å². The van der Waals surface area contributed by atoms with E-state index in [2.05, 4.69) is 0 Å². The minimum absolute atomic E-state index is 0.0418. The second-order valence-corrected chi connectivity index (χ2v) is 7.47. The highest BCUT2D eigenvalue weighted by Crippen LogP contribution is 2.34. The molecule has 1 heterocycles. The zero-order valence-electron chi connectivity index (χ0n) is 12.9. The van der Waals surface area contributed by atoms with Crippen molar-refractivity contribution >= 4 is 38.8 Å². The quantitative estimate of drug-likeness (QED) is 0.718. The summed E-state index contributed by atoms with van der Waals surface area (Å²) in [7, 11) is -4.30. The molecule has 0 saturated heterocycles. The van der Waals surface area contributed by atoms with E-state index in [1.54, 1.807) is 53.9 Å². The highest BCUT2D eigenvalue weighted by Gasteiger charge is 2.28. The Morgan fingerprint density at radius 1 is 0.960 bits per heavy atom. The molecule has 0 aliphatic carbocycles. The number of carbonyl (C=O) groups excluding carboxylic acids is 1. The van der Waals surface area contributed by atoms with Gasteiger partial charge in [0.05, 0.1) is 10.6 Å². The number of nitrogens with one attached hydrogen (secondary N) is 1. The minimum atomic E-state index is -4.30. The molecule has 0 aliphatic rings. The van der Waals surface area contributed by atoms with E-state index in [1.807, 2.05) is 4.72 Å². The summed E-state index contributed by atoms with van der Waals surface area (Å²) in [5.41, 5.74) is 0.329. The normalized spacial score (nSPS) is 11.0. The molecule has 1 aromatic heterocycles. The van der Waals surface area contributed by atoms with Crippen molar-refractivity contribution in [2.75, 3.05) is 4.31 Å². The lowest BCUT2D eigenvalue weighted by molar-refractivity contribution is 0.0985. The molecule has 0 bridgehead atoms. The van der Waals surface area contributed by atoms with Crippen LogP contribution in [-0.4, -0.2) is 19.4 Å². The summed E-state index contributed by atoms with van der Waals surface area (Å²) in [6.07, 6.45) is 0. The van der Waals surface area contributed by atoms with Gasteiger partial charge in [-0.25, -0.2) is 9.03 Å². The van der Waals surface area contributed by atoms with E-state index < -0.39 is 16.1 Å². The second kappa shape index (κ2) is 6.96. The highest BCUT2D eigenvalue weighted by molar-refractivity contribution is 7.91. The molecular formula is C17H14N2O4S2. The average Bonchev–Trinajstić information content (AvgIpc) is 3.12. The number of amides is 1. The first-order chi connectivity index (χ1) is 12.0. The van der Waals surface area contributed by atoms with Gasteiger partial charge in [0.15, 0.2) is 0 Å². The second-order valence-electron chi connectivity index (χ2n) is 5.00. The number of phenols is 1. The number of phenolic OH excluding ortho intramolecular Hbond substituents is 1. The third-order valence-corrected chi connectivity index (χ3v) is 5.50. The molecular weight excluding hydrogens is 360 g/mol. The summed E-state index contributed by atoms with van der Waals surface area (Å²) in [6.45, 7) is 0. The van der Waals surface area contributed by atoms with E-state index in [9.17, 15) is 18.3 Å². The number of benzene rings is 2. The van der Waals surface area contributed by atoms with Crippen LogP contribution in [0.2, 0.25) is 0 Å². The van der Waals surface area contributed by atoms with Gasteiger partial charge in [-0.15, -0.1) is 11.3 Å². The molecule has 0 saturated carbocycles. The molecule has 3 aromatic rings. The molecule has 1 amide bonds. The lowest BCUT2D eigenvalue weighted by Gasteiger charge is -2.25. The molecule has 0 fully saturated rings. The topological polar surface area (TPSA) is 86.7 Å². The third-order valence-electron chi connectivity index (χ3n) is 3.30. The Kier molecular flexibility index (Phi) is 4.73. The summed E-state index contributed by atoms with van der Waals surface area (Å²) in [6, 6.07) is 17.4. The molecule has 8 heteroatoms. The number of hydrogen-bond donors (Lipinski definition) is 2. The van der Waals surface area contributed by atoms with Crippen molar-refractivity contribution in [3.63, 3.8) is 0 Å². The van der Waals surface area contributed by atoms with Crippen molar-refractivity contribution < 1.29 is 18.3 Å². The fraction of sp³-hybridized carbons (Fsp3) is 0. The maximum absolute atomic E-state index is 12.9. The van der Waals surface area contributed by atoms with Crippen molar-refractivity contribution in [3.8, 4) is 5.75 Å². The predicted octanol–water partition coefficient (Wildman–Crippen LogP) is 3.27. The van der Waals surface area contributed by atoms with Crippen LogP contribution in [0, 0.1) is 0 Å². The van der Waals surface area contributed by atoms with Gasteiger partial charge in [-0.1, -0.05) is 36.4 Å². The number of nitrogens with zero attached hydrogens (tertiary/aromatic N) is 1. The fourth-order valence-corrected chi connectivity index (χ4v) is 4.16. The third kappa shape index (κ3) is 3.65. The molecule has 6 nitrogen and oxygen atoms in total. The van der Waals surface area contributed by atoms with Gasteiger partial charge in [-0.2, -0.15) is 8.42 Å². The summed E-state index contributed by atoms with van der Waals surface area (Å²) in [5.74, 6) is -0.952. The Morgan fingerprint density at radius 3 is 2.28 bits per heavy atom. The first kappa shape index (κ1) is 17.0. The number of anilines is 2. The van der Waals surface area contributed by atoms with Crippen LogP contribution in [0.5, 0.6) is 5.75 Å². The predicted molar refractivity (Wildman–Crippen MR) is 97.4 cm³/mol. The maximum atomic E-state index is 12.9. The number of para-hydroxylation sites is 3. The number of carbonyl (C=O) groups is 1. The van der Waals surface area contributed by atoms with Gasteiger partial charge in [0, 0.05) is 0 Å². The number of aromatic hydroxyl groups is 1. The molecule has 0 unspecified atom stereocenters. The van der Waals surface area contributed by atoms with Gasteiger partial charge in [0.25, 0.3) is 5.91 Å². The van der Waals surface area contributed by atoms with E-state index in [1.165, 1.54) is 18.2 Å². The molecule has 2 aromatic carbocycles. The number of thiophene rings is 1. The van der Waals surface area contributed by atoms with E-state index in [4.69, 9.17) is 0 Å². The van der Waals surface area contributed by atoms with E-state index in [-0.39, 0.29) is 22.0 Å². The van der Waals surface area contributed by atoms with Crippen LogP contribution in [0.3, 0.4) is 0 Å². The molecule has 0 atom stereocenters. The Bertz CT molecular complexity index is 971. The number of rotatable bonds is 5. The van der Waals surface area contributed by atoms with Gasteiger partial charge in [-0.3, -0.25) is 4.79 Å². The van der Waals surface area contributed by atoms with Crippen LogP contribution >= 0.6 is 11.3 Å². The highest BCUT2D eigenvalue weighted by atomic mass is 32.2. The molecule has 0 aliphatic heterocycles. The molecule has 3 rings (SSSR count). The first-order valence-electron chi connectivity index (χ1n) is 7.23. The lowest BCUT2D eigenvalue weighted by Crippen LogP contribution is -2.41. The molecule has 25 heavy (non-hydrogen) atoms. The summed E-state index contributed by atoms with van der Waals surface area (Å²) in [4.78, 5) is 12.5. The van der Waals surface area contributed by atoms with Crippen LogP contribution in [0.25, 0.3) is 0 Å². The molecule has 128 valence electrons. The van der Waals surface area contributed by atoms with Crippen LogP contribution in [-0.2, 0) is 10.2 Å². The summed E-state index contributed by atoms with van der Waals surface area (Å²) >= 11 is 1.13. The first-order valence-corrected chi connectivity index (χ1v) is 9.55. The summed E-state index contributed by atoms with van der Waals surface area (Å²) < 4.78 is 28.7. The minimum Gasteiger partial charge on any atom is -0.506 e. The van der Waals surface area contributed by atoms with Crippen LogP contribution in [0.15, 0.2) is 72.1 Å². The number of hydrogen-bond acceptors (Lipinski definition) is 5. The largest absolute Gasteiger partial charge is 0.506 e. The summed E-state index contributed by atoms with van der Waals surface area (Å²) in [5, 5.41) is 11.8. The zero-order valence-corrected chi connectivity index (χ0v) is 14.5. The van der Waals surface area contributed by atoms with Gasteiger partial charge in [0.2, 0.25) is 0 Å².